The van der Waals surface area contributed by atoms with Crippen molar-refractivity contribution in [2.45, 2.75) is 49.8 Å². The third kappa shape index (κ3) is 8.84. The second-order valence-corrected chi connectivity index (χ2v) is 13.5. The van der Waals surface area contributed by atoms with Crippen LogP contribution in [0, 0.1) is 0 Å². The molecule has 6 aromatic carbocycles. The molecule has 0 unspecified atom stereocenters. The Balaban J connectivity index is 1.32. The van der Waals surface area contributed by atoms with Gasteiger partial charge in [0.2, 0.25) is 0 Å². The molecule has 0 fully saturated rings. The zero-order valence-corrected chi connectivity index (χ0v) is 30.6. The van der Waals surface area contributed by atoms with E-state index in [1.54, 1.807) is 6.20 Å². The average molecular weight is 731 g/mol. The zero-order chi connectivity index (χ0) is 37.7. The summed E-state index contributed by atoms with van der Waals surface area (Å²) in [6, 6.07) is 60.0. The van der Waals surface area contributed by atoms with E-state index in [1.165, 1.54) is 0 Å². The van der Waals surface area contributed by atoms with Crippen LogP contribution in [0.15, 0.2) is 194 Å². The van der Waals surface area contributed by atoms with E-state index >= 15 is 0 Å². The monoisotopic (exact) mass is 730 g/mol. The summed E-state index contributed by atoms with van der Waals surface area (Å²) in [5.41, 5.74) is 4.80. The van der Waals surface area contributed by atoms with Gasteiger partial charge in [0.25, 0.3) is 0 Å². The molecule has 7 nitrogen and oxygen atoms in total. The lowest BCUT2D eigenvalue weighted by Crippen LogP contribution is -2.48. The fourth-order valence-electron chi connectivity index (χ4n) is 7.21. The van der Waals surface area contributed by atoms with Crippen molar-refractivity contribution in [3.8, 4) is 0 Å². The van der Waals surface area contributed by atoms with Gasteiger partial charge in [-0.15, -0.1) is 0 Å². The van der Waals surface area contributed by atoms with Gasteiger partial charge in [0.1, 0.15) is 35.8 Å². The molecule has 2 N–H and O–H groups in total. The molecule has 0 saturated carbocycles. The first-order valence-corrected chi connectivity index (χ1v) is 18.6. The van der Waals surface area contributed by atoms with E-state index in [1.807, 2.05) is 156 Å². The minimum Gasteiger partial charge on any atom is -0.388 e. The molecule has 55 heavy (non-hydrogen) atoms. The molecule has 0 bridgehead atoms. The molecule has 7 heteroatoms. The number of aromatic nitrogens is 2. The van der Waals surface area contributed by atoms with Crippen LogP contribution in [0.1, 0.15) is 45.3 Å². The van der Waals surface area contributed by atoms with Crippen molar-refractivity contribution in [1.29, 1.82) is 0 Å². The zero-order valence-electron chi connectivity index (χ0n) is 30.6. The van der Waals surface area contributed by atoms with Crippen molar-refractivity contribution in [2.75, 3.05) is 6.61 Å². The minimum atomic E-state index is -1.36. The standard InChI is InChI=1S/C48H46N2O5/c51-43(36-53-33-37-19-7-1-8-20-37)45(54-34-38-21-9-2-10-22-38)46(55-35-39-23-11-3-12-24-39)44(52)47-49-31-32-50(47)48(40-25-13-4-14-26-40,41-27-15-5-16-28-41)42-29-17-6-18-30-42/h1-32,43-46,51-52H,33-36H2/t43-,44-,45-,46+/m1/s1. The summed E-state index contributed by atoms with van der Waals surface area (Å²) in [5, 5.41) is 24.8. The van der Waals surface area contributed by atoms with Crippen LogP contribution in [0.2, 0.25) is 0 Å². The van der Waals surface area contributed by atoms with Crippen molar-refractivity contribution in [3.05, 3.63) is 234 Å². The molecule has 1 aromatic heterocycles. The Morgan fingerprint density at radius 2 is 0.873 bits per heavy atom. The summed E-state index contributed by atoms with van der Waals surface area (Å²) in [4.78, 5) is 4.86. The van der Waals surface area contributed by atoms with E-state index in [4.69, 9.17) is 19.2 Å². The Morgan fingerprint density at radius 3 is 1.31 bits per heavy atom. The molecule has 0 saturated heterocycles. The number of rotatable bonds is 18. The topological polar surface area (TPSA) is 86.0 Å². The van der Waals surface area contributed by atoms with Crippen molar-refractivity contribution in [2.24, 2.45) is 0 Å². The average Bonchev–Trinajstić information content (AvgIpc) is 3.75. The van der Waals surface area contributed by atoms with Crippen LogP contribution in [0.4, 0.5) is 0 Å². The lowest BCUT2D eigenvalue weighted by atomic mass is 9.76. The van der Waals surface area contributed by atoms with Gasteiger partial charge in [-0.3, -0.25) is 0 Å². The van der Waals surface area contributed by atoms with Crippen LogP contribution in [0.3, 0.4) is 0 Å². The number of hydrogen-bond donors (Lipinski definition) is 2. The van der Waals surface area contributed by atoms with Gasteiger partial charge in [-0.25, -0.2) is 4.98 Å². The maximum absolute atomic E-state index is 12.8. The smallest absolute Gasteiger partial charge is 0.141 e. The van der Waals surface area contributed by atoms with Crippen molar-refractivity contribution < 1.29 is 24.4 Å². The highest BCUT2D eigenvalue weighted by Gasteiger charge is 2.44. The number of ether oxygens (including phenoxy) is 3. The first-order chi connectivity index (χ1) is 27.1. The van der Waals surface area contributed by atoms with E-state index in [2.05, 4.69) is 36.4 Å². The highest BCUT2D eigenvalue weighted by atomic mass is 16.6. The van der Waals surface area contributed by atoms with Gasteiger partial charge >= 0.3 is 0 Å². The molecular formula is C48H46N2O5. The third-order valence-electron chi connectivity index (χ3n) is 9.85. The third-order valence-corrected chi connectivity index (χ3v) is 9.85. The highest BCUT2D eigenvalue weighted by Crippen LogP contribution is 2.43. The van der Waals surface area contributed by atoms with Gasteiger partial charge in [0, 0.05) is 12.4 Å². The SMILES string of the molecule is O[C@H](COCc1ccccc1)[C@@H](OCc1ccccc1)[C@@H](OCc1ccccc1)[C@@H](O)c1nccn1C(c1ccccc1)(c1ccccc1)c1ccccc1. The van der Waals surface area contributed by atoms with Crippen molar-refractivity contribution in [1.82, 2.24) is 9.55 Å². The Kier molecular flexibility index (Phi) is 12.7. The van der Waals surface area contributed by atoms with Gasteiger partial charge in [-0.1, -0.05) is 182 Å². The van der Waals surface area contributed by atoms with E-state index in [0.29, 0.717) is 12.4 Å². The van der Waals surface area contributed by atoms with Gasteiger partial charge in [0.05, 0.1) is 26.4 Å². The molecule has 0 radical (unpaired) electrons. The maximum atomic E-state index is 12.8. The van der Waals surface area contributed by atoms with Crippen LogP contribution >= 0.6 is 0 Å². The van der Waals surface area contributed by atoms with E-state index in [0.717, 1.165) is 33.4 Å². The van der Waals surface area contributed by atoms with E-state index < -0.39 is 30.0 Å². The second-order valence-electron chi connectivity index (χ2n) is 13.5. The molecule has 4 atom stereocenters. The molecule has 1 heterocycles. The number of benzene rings is 6. The summed E-state index contributed by atoms with van der Waals surface area (Å²) >= 11 is 0. The highest BCUT2D eigenvalue weighted by molar-refractivity contribution is 5.51. The maximum Gasteiger partial charge on any atom is 0.141 e. The lowest BCUT2D eigenvalue weighted by Gasteiger charge is -2.40. The minimum absolute atomic E-state index is 0.0529. The van der Waals surface area contributed by atoms with Crippen LogP contribution in [-0.4, -0.2) is 44.7 Å². The Hall–Kier alpha value is -5.67. The number of aliphatic hydroxyl groups is 2. The largest absolute Gasteiger partial charge is 0.388 e. The molecule has 0 amide bonds. The first-order valence-electron chi connectivity index (χ1n) is 18.6. The number of aliphatic hydroxyl groups excluding tert-OH is 2. The molecule has 0 aliphatic carbocycles. The summed E-state index contributed by atoms with van der Waals surface area (Å²) in [5.74, 6) is 0.348. The van der Waals surface area contributed by atoms with E-state index in [-0.39, 0.29) is 19.8 Å². The molecule has 0 aliphatic rings. The van der Waals surface area contributed by atoms with Gasteiger partial charge in [0.15, 0.2) is 0 Å². The fraction of sp³-hybridized carbons (Fsp3) is 0.188. The Labute approximate surface area is 323 Å². The van der Waals surface area contributed by atoms with Crippen LogP contribution in [0.25, 0.3) is 0 Å². The number of imidazole rings is 1. The number of hydrogen-bond acceptors (Lipinski definition) is 6. The molecule has 278 valence electrons. The van der Waals surface area contributed by atoms with Gasteiger partial charge in [-0.05, 0) is 33.4 Å². The summed E-state index contributed by atoms with van der Waals surface area (Å²) in [6.07, 6.45) is -1.04. The molecular weight excluding hydrogens is 685 g/mol. The normalized spacial score (nSPS) is 13.9. The van der Waals surface area contributed by atoms with Crippen molar-refractivity contribution >= 4 is 0 Å². The van der Waals surface area contributed by atoms with Gasteiger partial charge < -0.3 is 29.0 Å². The Bertz CT molecular complexity index is 2040. The van der Waals surface area contributed by atoms with Crippen molar-refractivity contribution in [3.63, 3.8) is 0 Å². The van der Waals surface area contributed by atoms with Gasteiger partial charge in [-0.2, -0.15) is 0 Å². The van der Waals surface area contributed by atoms with E-state index in [9.17, 15) is 10.2 Å². The molecule has 0 aliphatic heterocycles. The van der Waals surface area contributed by atoms with Crippen LogP contribution in [-0.2, 0) is 39.6 Å². The Morgan fingerprint density at radius 1 is 0.491 bits per heavy atom. The first kappa shape index (κ1) is 37.6. The van der Waals surface area contributed by atoms with Crippen LogP contribution < -0.4 is 0 Å². The number of nitrogens with zero attached hydrogens (tertiary/aromatic N) is 2. The van der Waals surface area contributed by atoms with Crippen LogP contribution in [0.5, 0.6) is 0 Å². The predicted molar refractivity (Wildman–Crippen MR) is 214 cm³/mol. The molecule has 0 spiro atoms. The second kappa shape index (κ2) is 18.6. The molecule has 7 aromatic rings. The summed E-state index contributed by atoms with van der Waals surface area (Å²) in [7, 11) is 0. The molecule has 7 rings (SSSR count). The lowest BCUT2D eigenvalue weighted by molar-refractivity contribution is -0.179. The fourth-order valence-corrected chi connectivity index (χ4v) is 7.21. The quantitative estimate of drug-likeness (QED) is 0.0862. The summed E-state index contributed by atoms with van der Waals surface area (Å²) < 4.78 is 21.4. The predicted octanol–water partition coefficient (Wildman–Crippen LogP) is 8.51. The summed E-state index contributed by atoms with van der Waals surface area (Å²) in [6.45, 7) is 0.588.